The van der Waals surface area contributed by atoms with E-state index in [1.165, 1.54) is 0 Å². The van der Waals surface area contributed by atoms with Crippen molar-refractivity contribution in [1.82, 2.24) is 10.3 Å². The van der Waals surface area contributed by atoms with Crippen LogP contribution >= 0.6 is 0 Å². The first kappa shape index (κ1) is 21.6. The summed E-state index contributed by atoms with van der Waals surface area (Å²) < 4.78 is 11.1. The molecule has 7 heteroatoms. The first-order chi connectivity index (χ1) is 15.4. The quantitative estimate of drug-likeness (QED) is 0.742. The monoisotopic (exact) mass is 433 g/mol. The van der Waals surface area contributed by atoms with Crippen LogP contribution < -0.4 is 20.1 Å². The van der Waals surface area contributed by atoms with Gasteiger partial charge in [0.1, 0.15) is 17.3 Å². The number of dihydropyridines is 1. The Morgan fingerprint density at radius 1 is 1.16 bits per heavy atom. The summed E-state index contributed by atoms with van der Waals surface area (Å²) in [5, 5.41) is 6.22. The first-order valence-electron chi connectivity index (χ1n) is 10.6. The van der Waals surface area contributed by atoms with Crippen molar-refractivity contribution in [1.29, 1.82) is 0 Å². The zero-order valence-corrected chi connectivity index (χ0v) is 18.7. The van der Waals surface area contributed by atoms with Crippen LogP contribution in [0.15, 0.2) is 65.1 Å². The van der Waals surface area contributed by atoms with Gasteiger partial charge < -0.3 is 20.1 Å². The molecule has 0 radical (unpaired) electrons. The van der Waals surface area contributed by atoms with Gasteiger partial charge in [-0.2, -0.15) is 0 Å². The van der Waals surface area contributed by atoms with Crippen molar-refractivity contribution in [3.63, 3.8) is 0 Å². The number of aromatic nitrogens is 1. The lowest BCUT2D eigenvalue weighted by Gasteiger charge is -2.36. The molecular formula is C25H27N3O4. The fourth-order valence-corrected chi connectivity index (χ4v) is 4.53. The lowest BCUT2D eigenvalue weighted by molar-refractivity contribution is -0.117. The van der Waals surface area contributed by atoms with Crippen LogP contribution in [0.2, 0.25) is 0 Å². The Kier molecular flexibility index (Phi) is 5.99. The molecule has 2 atom stereocenters. The maximum absolute atomic E-state index is 13.5. The van der Waals surface area contributed by atoms with Gasteiger partial charge >= 0.3 is 0 Å². The van der Waals surface area contributed by atoms with Gasteiger partial charge in [-0.05, 0) is 49.6 Å². The maximum Gasteiger partial charge on any atom is 0.255 e. The molecule has 4 rings (SSSR count). The number of methoxy groups -OCH3 is 2. The predicted octanol–water partition coefficient (Wildman–Crippen LogP) is 3.95. The molecule has 1 aromatic heterocycles. The molecule has 166 valence electrons. The molecule has 32 heavy (non-hydrogen) atoms. The molecule has 2 N–H and O–H groups in total. The average Bonchev–Trinajstić information content (AvgIpc) is 2.78. The number of amides is 1. The summed E-state index contributed by atoms with van der Waals surface area (Å²) in [5.74, 6) is 1.03. The first-order valence-corrected chi connectivity index (χ1v) is 10.6. The number of hydrogen-bond donors (Lipinski definition) is 2. The summed E-state index contributed by atoms with van der Waals surface area (Å²) in [4.78, 5) is 31.0. The molecule has 2 aliphatic rings. The van der Waals surface area contributed by atoms with Crippen LogP contribution in [-0.4, -0.2) is 30.9 Å². The number of pyridine rings is 1. The zero-order valence-electron chi connectivity index (χ0n) is 18.7. The van der Waals surface area contributed by atoms with E-state index in [4.69, 9.17) is 9.47 Å². The molecule has 2 aromatic rings. The van der Waals surface area contributed by atoms with Crippen LogP contribution in [0.1, 0.15) is 38.2 Å². The van der Waals surface area contributed by atoms with Gasteiger partial charge in [0.15, 0.2) is 5.78 Å². The molecule has 0 bridgehead atoms. The standard InChI is InChI=1S/C25H27N3O4/c1-14-11-18-24(19(29)12-14)23(17-13-16(31-3)8-9-20(17)32-4)22(15(2)27-18)25(30)28-21-7-5-6-10-26-21/h5-10,13-14,23,27H,11-12H2,1-4H3,(H,26,28,30)/t14-,23-/m0/s1. The highest BCUT2D eigenvalue weighted by Gasteiger charge is 2.41. The summed E-state index contributed by atoms with van der Waals surface area (Å²) in [6, 6.07) is 10.8. The van der Waals surface area contributed by atoms with Crippen LogP contribution in [0.3, 0.4) is 0 Å². The average molecular weight is 434 g/mol. The van der Waals surface area contributed by atoms with Crippen molar-refractivity contribution >= 4 is 17.5 Å². The second-order valence-electron chi connectivity index (χ2n) is 8.20. The van der Waals surface area contributed by atoms with Crippen LogP contribution in [0, 0.1) is 5.92 Å². The number of ketones is 1. The van der Waals surface area contributed by atoms with E-state index in [-0.39, 0.29) is 17.6 Å². The molecule has 2 heterocycles. The second-order valence-corrected chi connectivity index (χ2v) is 8.20. The van der Waals surface area contributed by atoms with Crippen molar-refractivity contribution in [2.75, 3.05) is 19.5 Å². The Hall–Kier alpha value is -3.61. The van der Waals surface area contributed by atoms with Gasteiger partial charge in [-0.3, -0.25) is 9.59 Å². The van der Waals surface area contributed by atoms with Crippen molar-refractivity contribution in [2.24, 2.45) is 5.92 Å². The zero-order chi connectivity index (χ0) is 22.8. The summed E-state index contributed by atoms with van der Waals surface area (Å²) in [6.45, 7) is 3.92. The molecule has 7 nitrogen and oxygen atoms in total. The Labute approximate surface area is 187 Å². The fraction of sp³-hybridized carbons (Fsp3) is 0.320. The highest BCUT2D eigenvalue weighted by atomic mass is 16.5. The van der Waals surface area contributed by atoms with Gasteiger partial charge in [0.25, 0.3) is 5.91 Å². The number of nitrogens with zero attached hydrogens (tertiary/aromatic N) is 1. The van der Waals surface area contributed by atoms with Gasteiger partial charge in [0.05, 0.1) is 20.1 Å². The van der Waals surface area contributed by atoms with Gasteiger partial charge in [-0.25, -0.2) is 4.98 Å². The van der Waals surface area contributed by atoms with Crippen molar-refractivity contribution in [3.8, 4) is 11.5 Å². The summed E-state index contributed by atoms with van der Waals surface area (Å²) in [7, 11) is 3.17. The molecule has 0 saturated carbocycles. The Balaban J connectivity index is 1.88. The van der Waals surface area contributed by atoms with Gasteiger partial charge in [-0.1, -0.05) is 13.0 Å². The highest BCUT2D eigenvalue weighted by Crippen LogP contribution is 2.46. The van der Waals surface area contributed by atoms with Crippen molar-refractivity contribution in [2.45, 2.75) is 32.6 Å². The summed E-state index contributed by atoms with van der Waals surface area (Å²) >= 11 is 0. The molecule has 0 unspecified atom stereocenters. The minimum atomic E-state index is -0.583. The van der Waals surface area contributed by atoms with Crippen molar-refractivity contribution in [3.05, 3.63) is 70.7 Å². The number of allylic oxidation sites excluding steroid dienone is 3. The number of benzene rings is 1. The number of nitrogens with one attached hydrogen (secondary N) is 2. The Bertz CT molecular complexity index is 1120. The van der Waals surface area contributed by atoms with E-state index < -0.39 is 5.92 Å². The smallest absolute Gasteiger partial charge is 0.255 e. The number of carbonyl (C=O) groups excluding carboxylic acids is 2. The minimum Gasteiger partial charge on any atom is -0.497 e. The molecule has 1 aromatic carbocycles. The lowest BCUT2D eigenvalue weighted by Crippen LogP contribution is -2.37. The lowest BCUT2D eigenvalue weighted by atomic mass is 9.72. The molecule has 1 aliphatic heterocycles. The number of hydrogen-bond acceptors (Lipinski definition) is 6. The molecular weight excluding hydrogens is 406 g/mol. The van der Waals surface area contributed by atoms with E-state index in [0.717, 1.165) is 12.1 Å². The van der Waals surface area contributed by atoms with Crippen LogP contribution in [0.25, 0.3) is 0 Å². The molecule has 0 fully saturated rings. The largest absolute Gasteiger partial charge is 0.497 e. The minimum absolute atomic E-state index is 0.0387. The third-order valence-electron chi connectivity index (χ3n) is 5.93. The topological polar surface area (TPSA) is 89.6 Å². The second kappa shape index (κ2) is 8.86. The van der Waals surface area contributed by atoms with Crippen molar-refractivity contribution < 1.29 is 19.1 Å². The van der Waals surface area contributed by atoms with Crippen LogP contribution in [0.4, 0.5) is 5.82 Å². The summed E-state index contributed by atoms with van der Waals surface area (Å²) in [5.41, 5.74) is 3.37. The number of rotatable bonds is 5. The van der Waals surface area contributed by atoms with E-state index >= 15 is 0 Å². The van der Waals surface area contributed by atoms with E-state index in [9.17, 15) is 9.59 Å². The van der Waals surface area contributed by atoms with E-state index in [1.54, 1.807) is 50.7 Å². The SMILES string of the molecule is COc1ccc(OC)c([C@H]2C(C(=O)Nc3ccccn3)=C(C)NC3=C2C(=O)C[C@@H](C)C3)c1. The van der Waals surface area contributed by atoms with Gasteiger partial charge in [-0.15, -0.1) is 0 Å². The normalized spacial score (nSPS) is 20.4. The molecule has 0 saturated heterocycles. The van der Waals surface area contributed by atoms with Gasteiger partial charge in [0.2, 0.25) is 0 Å². The van der Waals surface area contributed by atoms with Gasteiger partial charge in [0, 0.05) is 40.7 Å². The number of Topliss-reactive ketones (excluding diaryl/α,β-unsaturated/α-hetero) is 1. The van der Waals surface area contributed by atoms with Crippen LogP contribution in [0.5, 0.6) is 11.5 Å². The van der Waals surface area contributed by atoms with E-state index in [2.05, 4.69) is 22.5 Å². The van der Waals surface area contributed by atoms with E-state index in [0.29, 0.717) is 46.1 Å². The third-order valence-corrected chi connectivity index (χ3v) is 5.93. The number of anilines is 1. The molecule has 1 aliphatic carbocycles. The molecule has 1 amide bonds. The molecule has 0 spiro atoms. The fourth-order valence-electron chi connectivity index (χ4n) is 4.53. The van der Waals surface area contributed by atoms with Crippen LogP contribution in [-0.2, 0) is 9.59 Å². The van der Waals surface area contributed by atoms with E-state index in [1.807, 2.05) is 13.0 Å². The predicted molar refractivity (Wildman–Crippen MR) is 121 cm³/mol. The third kappa shape index (κ3) is 3.98. The number of carbonyl (C=O) groups is 2. The number of ether oxygens (including phenoxy) is 2. The maximum atomic E-state index is 13.5. The Morgan fingerprint density at radius 2 is 1.97 bits per heavy atom. The highest BCUT2D eigenvalue weighted by molar-refractivity contribution is 6.09. The summed E-state index contributed by atoms with van der Waals surface area (Å²) in [6.07, 6.45) is 2.80. The Morgan fingerprint density at radius 3 is 2.66 bits per heavy atom.